The number of nitrogens with two attached hydrogens (primary N) is 1. The van der Waals surface area contributed by atoms with Crippen molar-refractivity contribution in [3.8, 4) is 11.1 Å². The predicted octanol–water partition coefficient (Wildman–Crippen LogP) is 3.63. The molecule has 1 amide bonds. The number of primary amides is 1. The molecule has 1 aromatic carbocycles. The van der Waals surface area contributed by atoms with E-state index in [0.29, 0.717) is 12.2 Å². The SMILES string of the molecule is Cc1ccc(-c2csc3ncnc(SCCC(N)=O)c23)cc1. The number of carbonyl (C=O) groups excluding carboxylic acids is 1. The van der Waals surface area contributed by atoms with Crippen LogP contribution >= 0.6 is 23.1 Å². The normalized spacial score (nSPS) is 11.0. The number of aromatic nitrogens is 2. The van der Waals surface area contributed by atoms with Crippen molar-refractivity contribution in [1.29, 1.82) is 0 Å². The molecule has 0 saturated carbocycles. The summed E-state index contributed by atoms with van der Waals surface area (Å²) >= 11 is 3.16. The largest absolute Gasteiger partial charge is 0.370 e. The van der Waals surface area contributed by atoms with Gasteiger partial charge in [0.05, 0.1) is 5.39 Å². The van der Waals surface area contributed by atoms with Crippen molar-refractivity contribution in [2.24, 2.45) is 5.73 Å². The van der Waals surface area contributed by atoms with Crippen LogP contribution in [0.1, 0.15) is 12.0 Å². The molecule has 3 aromatic rings. The second-order valence-corrected chi connectivity index (χ2v) is 6.88. The highest BCUT2D eigenvalue weighted by Crippen LogP contribution is 2.37. The van der Waals surface area contributed by atoms with Crippen molar-refractivity contribution in [2.75, 3.05) is 5.75 Å². The first-order valence-electron chi connectivity index (χ1n) is 6.85. The Morgan fingerprint density at radius 1 is 1.27 bits per heavy atom. The third kappa shape index (κ3) is 3.13. The van der Waals surface area contributed by atoms with Crippen molar-refractivity contribution in [3.63, 3.8) is 0 Å². The molecule has 2 heterocycles. The maximum atomic E-state index is 10.9. The zero-order valence-corrected chi connectivity index (χ0v) is 13.7. The Hall–Kier alpha value is -1.92. The van der Waals surface area contributed by atoms with Crippen LogP contribution in [-0.4, -0.2) is 21.6 Å². The molecule has 0 radical (unpaired) electrons. The first-order chi connectivity index (χ1) is 10.6. The summed E-state index contributed by atoms with van der Waals surface area (Å²) in [6.45, 7) is 2.07. The Bertz CT molecular complexity index is 812. The lowest BCUT2D eigenvalue weighted by atomic mass is 10.1. The molecule has 0 aliphatic carbocycles. The maximum Gasteiger partial charge on any atom is 0.218 e. The molecule has 6 heteroatoms. The highest BCUT2D eigenvalue weighted by atomic mass is 32.2. The molecule has 0 aliphatic heterocycles. The molecule has 112 valence electrons. The van der Waals surface area contributed by atoms with E-state index in [1.807, 2.05) is 0 Å². The van der Waals surface area contributed by atoms with Crippen LogP contribution < -0.4 is 5.73 Å². The number of benzene rings is 1. The van der Waals surface area contributed by atoms with Crippen molar-refractivity contribution in [3.05, 3.63) is 41.5 Å². The van der Waals surface area contributed by atoms with Crippen LogP contribution in [0.3, 0.4) is 0 Å². The fraction of sp³-hybridized carbons (Fsp3) is 0.188. The topological polar surface area (TPSA) is 68.9 Å². The van der Waals surface area contributed by atoms with Crippen LogP contribution in [0.2, 0.25) is 0 Å². The van der Waals surface area contributed by atoms with Gasteiger partial charge in [0, 0.05) is 23.1 Å². The predicted molar refractivity (Wildman–Crippen MR) is 92.1 cm³/mol. The van der Waals surface area contributed by atoms with Gasteiger partial charge in [-0.3, -0.25) is 4.79 Å². The Kier molecular flexibility index (Phi) is 4.40. The molecular weight excluding hydrogens is 314 g/mol. The standard InChI is InChI=1S/C16H15N3OS2/c1-10-2-4-11(5-3-10)12-8-22-16-14(12)15(18-9-19-16)21-7-6-13(17)20/h2-5,8-9H,6-7H2,1H3,(H2,17,20). The molecule has 0 aliphatic rings. The van der Waals surface area contributed by atoms with E-state index < -0.39 is 0 Å². The fourth-order valence-electron chi connectivity index (χ4n) is 2.15. The summed E-state index contributed by atoms with van der Waals surface area (Å²) in [4.78, 5) is 20.6. The van der Waals surface area contributed by atoms with Gasteiger partial charge in [-0.25, -0.2) is 9.97 Å². The summed E-state index contributed by atoms with van der Waals surface area (Å²) in [5.41, 5.74) is 8.73. The molecule has 0 bridgehead atoms. The Morgan fingerprint density at radius 3 is 2.77 bits per heavy atom. The lowest BCUT2D eigenvalue weighted by molar-refractivity contribution is -0.117. The second-order valence-electron chi connectivity index (χ2n) is 4.94. The number of rotatable bonds is 5. The van der Waals surface area contributed by atoms with Crippen LogP contribution in [0.5, 0.6) is 0 Å². The Morgan fingerprint density at radius 2 is 2.05 bits per heavy atom. The number of aryl methyl sites for hydroxylation is 1. The molecule has 4 nitrogen and oxygen atoms in total. The summed E-state index contributed by atoms with van der Waals surface area (Å²) < 4.78 is 0. The van der Waals surface area contributed by atoms with E-state index in [2.05, 4.69) is 46.5 Å². The van der Waals surface area contributed by atoms with Crippen LogP contribution in [-0.2, 0) is 4.79 Å². The van der Waals surface area contributed by atoms with E-state index in [0.717, 1.165) is 26.4 Å². The van der Waals surface area contributed by atoms with Crippen molar-refractivity contribution in [2.45, 2.75) is 18.4 Å². The number of fused-ring (bicyclic) bond motifs is 1. The van der Waals surface area contributed by atoms with E-state index in [1.165, 1.54) is 5.56 Å². The lowest BCUT2D eigenvalue weighted by Crippen LogP contribution is -2.10. The summed E-state index contributed by atoms with van der Waals surface area (Å²) in [7, 11) is 0. The Balaban J connectivity index is 2.00. The summed E-state index contributed by atoms with van der Waals surface area (Å²) in [5, 5.41) is 4.08. The van der Waals surface area contributed by atoms with Gasteiger partial charge in [0.1, 0.15) is 16.2 Å². The molecule has 2 N–H and O–H groups in total. The first kappa shape index (κ1) is 15.0. The van der Waals surface area contributed by atoms with Gasteiger partial charge in [0.15, 0.2) is 0 Å². The van der Waals surface area contributed by atoms with Crippen molar-refractivity contribution >= 4 is 39.2 Å². The third-order valence-corrected chi connectivity index (χ3v) is 5.16. The molecule has 0 fully saturated rings. The zero-order valence-electron chi connectivity index (χ0n) is 12.1. The summed E-state index contributed by atoms with van der Waals surface area (Å²) in [6.07, 6.45) is 1.92. The lowest BCUT2D eigenvalue weighted by Gasteiger charge is -2.05. The van der Waals surface area contributed by atoms with Crippen molar-refractivity contribution < 1.29 is 4.79 Å². The van der Waals surface area contributed by atoms with E-state index in [9.17, 15) is 4.79 Å². The van der Waals surface area contributed by atoms with Gasteiger partial charge in [-0.05, 0) is 12.5 Å². The minimum absolute atomic E-state index is 0.290. The van der Waals surface area contributed by atoms with Gasteiger partial charge in [-0.1, -0.05) is 29.8 Å². The van der Waals surface area contributed by atoms with Crippen molar-refractivity contribution in [1.82, 2.24) is 9.97 Å². The molecule has 0 unspecified atom stereocenters. The van der Waals surface area contributed by atoms with Gasteiger partial charge in [0.2, 0.25) is 5.91 Å². The monoisotopic (exact) mass is 329 g/mol. The van der Waals surface area contributed by atoms with Gasteiger partial charge in [0.25, 0.3) is 0 Å². The maximum absolute atomic E-state index is 10.9. The minimum atomic E-state index is -0.290. The molecule has 0 saturated heterocycles. The van der Waals surface area contributed by atoms with E-state index >= 15 is 0 Å². The highest BCUT2D eigenvalue weighted by molar-refractivity contribution is 7.99. The van der Waals surface area contributed by atoms with Gasteiger partial charge < -0.3 is 5.73 Å². The number of hydrogen-bond acceptors (Lipinski definition) is 5. The number of nitrogens with zero attached hydrogens (tertiary/aromatic N) is 2. The van der Waals surface area contributed by atoms with Gasteiger partial charge in [-0.2, -0.15) is 0 Å². The number of amides is 1. The van der Waals surface area contributed by atoms with Crippen LogP contribution in [0.15, 0.2) is 41.0 Å². The minimum Gasteiger partial charge on any atom is -0.370 e. The van der Waals surface area contributed by atoms with Crippen LogP contribution in [0, 0.1) is 6.92 Å². The molecule has 3 rings (SSSR count). The Labute approximate surface area is 136 Å². The average molecular weight is 329 g/mol. The van der Waals surface area contributed by atoms with Gasteiger partial charge >= 0.3 is 0 Å². The first-order valence-corrected chi connectivity index (χ1v) is 8.72. The number of hydrogen-bond donors (Lipinski definition) is 1. The molecular formula is C16H15N3OS2. The number of thiophene rings is 1. The second kappa shape index (κ2) is 6.46. The van der Waals surface area contributed by atoms with E-state index in [1.54, 1.807) is 29.4 Å². The quantitative estimate of drug-likeness (QED) is 0.573. The number of carbonyl (C=O) groups is 1. The molecule has 0 spiro atoms. The zero-order chi connectivity index (χ0) is 15.5. The summed E-state index contributed by atoms with van der Waals surface area (Å²) in [6, 6.07) is 8.43. The smallest absolute Gasteiger partial charge is 0.218 e. The number of thioether (sulfide) groups is 1. The highest BCUT2D eigenvalue weighted by Gasteiger charge is 2.13. The van der Waals surface area contributed by atoms with E-state index in [4.69, 9.17) is 5.73 Å². The third-order valence-electron chi connectivity index (χ3n) is 3.29. The average Bonchev–Trinajstić information content (AvgIpc) is 2.93. The van der Waals surface area contributed by atoms with Crippen LogP contribution in [0.25, 0.3) is 21.3 Å². The molecule has 0 atom stereocenters. The fourth-order valence-corrected chi connectivity index (χ4v) is 4.10. The van der Waals surface area contributed by atoms with E-state index in [-0.39, 0.29) is 5.91 Å². The summed E-state index contributed by atoms with van der Waals surface area (Å²) in [5.74, 6) is 0.340. The molecule has 2 aromatic heterocycles. The van der Waals surface area contributed by atoms with Crippen LogP contribution in [0.4, 0.5) is 0 Å². The molecule has 22 heavy (non-hydrogen) atoms. The van der Waals surface area contributed by atoms with Gasteiger partial charge in [-0.15, -0.1) is 23.1 Å².